The molecule has 4 nitrogen and oxygen atoms in total. The van der Waals surface area contributed by atoms with Gasteiger partial charge in [0.25, 0.3) is 6.20 Å². The number of nitrogens with one attached hydrogen (secondary N) is 1. The van der Waals surface area contributed by atoms with Gasteiger partial charge < -0.3 is 0 Å². The molecule has 0 saturated heterocycles. The van der Waals surface area contributed by atoms with Gasteiger partial charge in [0.15, 0.2) is 5.54 Å². The molecule has 4 aliphatic rings. The van der Waals surface area contributed by atoms with Gasteiger partial charge in [-0.05, 0) is 42.3 Å². The Morgan fingerprint density at radius 3 is 2.19 bits per heavy atom. The molecule has 4 fully saturated rings. The monoisotopic (exact) mass is 221 g/mol. The van der Waals surface area contributed by atoms with Crippen molar-refractivity contribution in [1.82, 2.24) is 5.27 Å². The Kier molecular flexibility index (Phi) is 1.57. The van der Waals surface area contributed by atoms with Crippen LogP contribution in [0.5, 0.6) is 0 Å². The topological polar surface area (TPSA) is 49.9 Å². The van der Waals surface area contributed by atoms with E-state index in [-0.39, 0.29) is 11.2 Å². The quantitative estimate of drug-likeness (QED) is 0.724. The van der Waals surface area contributed by atoms with E-state index in [2.05, 4.69) is 5.27 Å². The molecule has 0 aliphatic heterocycles. The van der Waals surface area contributed by atoms with Crippen molar-refractivity contribution in [2.45, 2.75) is 44.1 Å². The Bertz CT molecular complexity index is 438. The zero-order valence-electron chi connectivity index (χ0n) is 9.32. The smallest absolute Gasteiger partial charge is 0.284 e. The summed E-state index contributed by atoms with van der Waals surface area (Å²) in [7, 11) is 0. The summed E-state index contributed by atoms with van der Waals surface area (Å²) in [6.45, 7) is 0. The highest BCUT2D eigenvalue weighted by atomic mass is 16.5. The highest BCUT2D eigenvalue weighted by Crippen LogP contribution is 2.56. The molecule has 16 heavy (non-hydrogen) atoms. The standard InChI is InChI=1S/C12H16N2O2/c15-11-7-14(13-16-11)12-4-8-1-9(5-12)3-10(2-8)6-12/h7-10H,1-6H2/p+1. The molecule has 0 atom stereocenters. The van der Waals surface area contributed by atoms with Crippen molar-refractivity contribution < 1.29 is 9.20 Å². The van der Waals surface area contributed by atoms with Gasteiger partial charge in [-0.15, -0.1) is 0 Å². The van der Waals surface area contributed by atoms with Crippen molar-refractivity contribution in [2.24, 2.45) is 17.8 Å². The molecule has 0 aromatic carbocycles. The predicted molar refractivity (Wildman–Crippen MR) is 55.7 cm³/mol. The predicted octanol–water partition coefficient (Wildman–Crippen LogP) is 1.18. The van der Waals surface area contributed by atoms with Gasteiger partial charge in [-0.1, -0.05) is 4.68 Å². The first-order chi connectivity index (χ1) is 7.73. The van der Waals surface area contributed by atoms with Crippen LogP contribution >= 0.6 is 0 Å². The van der Waals surface area contributed by atoms with Gasteiger partial charge >= 0.3 is 5.63 Å². The van der Waals surface area contributed by atoms with E-state index in [0.29, 0.717) is 0 Å². The fourth-order valence-electron chi connectivity index (χ4n) is 4.85. The maximum Gasteiger partial charge on any atom is 0.426 e. The highest BCUT2D eigenvalue weighted by Gasteiger charge is 2.57. The molecule has 0 unspecified atom stereocenters. The lowest BCUT2D eigenvalue weighted by molar-refractivity contribution is -0.832. The lowest BCUT2D eigenvalue weighted by Crippen LogP contribution is -2.65. The van der Waals surface area contributed by atoms with Crippen LogP contribution in [-0.2, 0) is 5.54 Å². The van der Waals surface area contributed by atoms with Crippen LogP contribution < -0.4 is 10.3 Å². The summed E-state index contributed by atoms with van der Waals surface area (Å²) >= 11 is 0. The molecule has 1 aromatic rings. The summed E-state index contributed by atoms with van der Waals surface area (Å²) in [6.07, 6.45) is 9.57. The molecule has 4 saturated carbocycles. The van der Waals surface area contributed by atoms with Crippen LogP contribution in [0.15, 0.2) is 15.5 Å². The van der Waals surface area contributed by atoms with Crippen LogP contribution in [0, 0.1) is 17.8 Å². The van der Waals surface area contributed by atoms with Crippen LogP contribution in [0.1, 0.15) is 38.5 Å². The van der Waals surface area contributed by atoms with E-state index in [1.165, 1.54) is 38.5 Å². The van der Waals surface area contributed by atoms with Gasteiger partial charge in [0.2, 0.25) is 0 Å². The third-order valence-electron chi connectivity index (χ3n) is 5.00. The molecule has 0 spiro atoms. The minimum absolute atomic E-state index is 0.181. The lowest BCUT2D eigenvalue weighted by atomic mass is 9.53. The van der Waals surface area contributed by atoms with Crippen LogP contribution in [0.2, 0.25) is 0 Å². The Labute approximate surface area is 93.6 Å². The third kappa shape index (κ3) is 1.10. The van der Waals surface area contributed by atoms with Crippen molar-refractivity contribution in [2.75, 3.05) is 0 Å². The molecule has 4 heteroatoms. The number of aromatic nitrogens is 2. The molecule has 5 rings (SSSR count). The van der Waals surface area contributed by atoms with Gasteiger partial charge in [-0.2, -0.15) is 0 Å². The number of rotatable bonds is 1. The van der Waals surface area contributed by atoms with Crippen molar-refractivity contribution >= 4 is 0 Å². The van der Waals surface area contributed by atoms with Crippen LogP contribution in [0.25, 0.3) is 0 Å². The van der Waals surface area contributed by atoms with Gasteiger partial charge in [-0.3, -0.25) is 4.52 Å². The number of aromatic amines is 1. The van der Waals surface area contributed by atoms with Crippen LogP contribution in [-0.4, -0.2) is 5.27 Å². The van der Waals surface area contributed by atoms with E-state index >= 15 is 0 Å². The molecule has 0 amide bonds. The van der Waals surface area contributed by atoms with Crippen LogP contribution in [0.3, 0.4) is 0 Å². The zero-order chi connectivity index (χ0) is 10.8. The average molecular weight is 221 g/mol. The van der Waals surface area contributed by atoms with Crippen molar-refractivity contribution in [3.8, 4) is 0 Å². The van der Waals surface area contributed by atoms with E-state index < -0.39 is 0 Å². The number of hydrogen-bond acceptors (Lipinski definition) is 2. The van der Waals surface area contributed by atoms with Gasteiger partial charge in [0, 0.05) is 19.3 Å². The first-order valence-corrected chi connectivity index (χ1v) is 6.34. The highest BCUT2D eigenvalue weighted by molar-refractivity contribution is 4.98. The number of nitrogens with zero attached hydrogens (tertiary/aromatic N) is 1. The summed E-state index contributed by atoms with van der Waals surface area (Å²) in [4.78, 5) is 11.2. The largest absolute Gasteiger partial charge is 0.426 e. The van der Waals surface area contributed by atoms with Crippen molar-refractivity contribution in [1.29, 1.82) is 0 Å². The van der Waals surface area contributed by atoms with Crippen molar-refractivity contribution in [3.63, 3.8) is 0 Å². The summed E-state index contributed by atoms with van der Waals surface area (Å²) in [5.41, 5.74) is -0.0725. The fraction of sp³-hybridized carbons (Fsp3) is 0.833. The Hall–Kier alpha value is -1.06. The maximum atomic E-state index is 11.2. The lowest BCUT2D eigenvalue weighted by Gasteiger charge is -2.51. The van der Waals surface area contributed by atoms with E-state index in [1.807, 2.05) is 4.68 Å². The number of hydrogen-bond donors (Lipinski definition) is 1. The molecule has 0 radical (unpaired) electrons. The minimum atomic E-state index is -0.254. The summed E-state index contributed by atoms with van der Waals surface area (Å²) in [5.74, 6) is 2.66. The minimum Gasteiger partial charge on any atom is -0.284 e. The first kappa shape index (κ1) is 9.02. The normalized spacial score (nSPS) is 45.1. The van der Waals surface area contributed by atoms with E-state index in [4.69, 9.17) is 4.52 Å². The van der Waals surface area contributed by atoms with Gasteiger partial charge in [0.1, 0.15) is 0 Å². The van der Waals surface area contributed by atoms with Gasteiger partial charge in [-0.25, -0.2) is 4.79 Å². The number of H-pyrrole nitrogens is 1. The summed E-state index contributed by atoms with van der Waals surface area (Å²) in [6, 6.07) is 0. The second-order valence-electron chi connectivity index (χ2n) is 6.15. The molecule has 1 N–H and O–H groups in total. The zero-order valence-corrected chi connectivity index (χ0v) is 9.32. The second kappa shape index (κ2) is 2.79. The summed E-state index contributed by atoms with van der Waals surface area (Å²) in [5, 5.41) is 2.79. The molecule has 86 valence electrons. The average Bonchev–Trinajstić information content (AvgIpc) is 2.63. The Morgan fingerprint density at radius 1 is 1.19 bits per heavy atom. The first-order valence-electron chi connectivity index (χ1n) is 6.34. The molecular formula is C12H17N2O2+. The maximum absolute atomic E-state index is 11.2. The second-order valence-corrected chi connectivity index (χ2v) is 6.15. The molecule has 1 aromatic heterocycles. The van der Waals surface area contributed by atoms with Gasteiger partial charge in [0.05, 0.1) is 0 Å². The van der Waals surface area contributed by atoms with Crippen molar-refractivity contribution in [3.05, 3.63) is 16.6 Å². The van der Waals surface area contributed by atoms with E-state index in [1.54, 1.807) is 6.20 Å². The third-order valence-corrected chi connectivity index (χ3v) is 5.00. The Balaban J connectivity index is 1.79. The molecule has 4 aliphatic carbocycles. The van der Waals surface area contributed by atoms with Crippen LogP contribution in [0.4, 0.5) is 0 Å². The molecule has 4 bridgehead atoms. The SMILES string of the molecule is O=c1c[n+](C23CC4CC(CC(C4)C2)C3)[nH]o1. The molecule has 1 heterocycles. The van der Waals surface area contributed by atoms with E-state index in [9.17, 15) is 4.79 Å². The summed E-state index contributed by atoms with van der Waals surface area (Å²) < 4.78 is 6.81. The fourth-order valence-corrected chi connectivity index (χ4v) is 4.85. The molecular weight excluding hydrogens is 204 g/mol. The Morgan fingerprint density at radius 2 is 1.75 bits per heavy atom. The van der Waals surface area contributed by atoms with E-state index in [0.717, 1.165) is 17.8 Å².